The molecule has 0 bridgehead atoms. The Morgan fingerprint density at radius 2 is 1.11 bits per heavy atom. The first-order chi connectivity index (χ1) is 13.2. The SMILES string of the molecule is CCCCCCCCCCCCC(Cl)c1ccccc1.CCN(CC)CC. The maximum absolute atomic E-state index is 6.42. The fraction of sp³-hybridized carbons (Fsp3) is 0.760. The van der Waals surface area contributed by atoms with Gasteiger partial charge in [-0.25, -0.2) is 0 Å². The molecule has 27 heavy (non-hydrogen) atoms. The van der Waals surface area contributed by atoms with Gasteiger partial charge in [0.05, 0.1) is 5.38 Å². The minimum Gasteiger partial charge on any atom is -0.304 e. The molecule has 0 aliphatic carbocycles. The molecule has 1 atom stereocenters. The molecular weight excluding hydrogens is 350 g/mol. The van der Waals surface area contributed by atoms with E-state index >= 15 is 0 Å². The average molecular weight is 396 g/mol. The first-order valence-electron chi connectivity index (χ1n) is 11.6. The minimum atomic E-state index is 0.199. The average Bonchev–Trinajstić information content (AvgIpc) is 2.71. The van der Waals surface area contributed by atoms with Crippen molar-refractivity contribution in [3.63, 3.8) is 0 Å². The molecule has 0 N–H and O–H groups in total. The van der Waals surface area contributed by atoms with E-state index in [-0.39, 0.29) is 5.38 Å². The Labute approximate surface area is 175 Å². The smallest absolute Gasteiger partial charge is 0.0585 e. The molecule has 158 valence electrons. The van der Waals surface area contributed by atoms with Crippen LogP contribution in [0.4, 0.5) is 0 Å². The predicted octanol–water partition coefficient (Wildman–Crippen LogP) is 8.63. The Hall–Kier alpha value is -0.530. The number of alkyl halides is 1. The van der Waals surface area contributed by atoms with E-state index in [0.717, 1.165) is 6.42 Å². The minimum absolute atomic E-state index is 0.199. The van der Waals surface area contributed by atoms with E-state index in [1.54, 1.807) is 0 Å². The molecule has 1 aromatic rings. The summed E-state index contributed by atoms with van der Waals surface area (Å²) in [7, 11) is 0. The van der Waals surface area contributed by atoms with Gasteiger partial charge >= 0.3 is 0 Å². The zero-order valence-corrected chi connectivity index (χ0v) is 19.4. The highest BCUT2D eigenvalue weighted by atomic mass is 35.5. The van der Waals surface area contributed by atoms with Crippen molar-refractivity contribution in [3.8, 4) is 0 Å². The molecule has 0 amide bonds. The maximum atomic E-state index is 6.42. The summed E-state index contributed by atoms with van der Waals surface area (Å²) >= 11 is 6.42. The molecule has 1 unspecified atom stereocenters. The van der Waals surface area contributed by atoms with E-state index in [2.05, 4.69) is 56.9 Å². The van der Waals surface area contributed by atoms with Gasteiger partial charge in [0, 0.05) is 0 Å². The predicted molar refractivity (Wildman–Crippen MR) is 125 cm³/mol. The lowest BCUT2D eigenvalue weighted by Crippen LogP contribution is -2.21. The van der Waals surface area contributed by atoms with Gasteiger partial charge in [-0.2, -0.15) is 0 Å². The third-order valence-corrected chi connectivity index (χ3v) is 5.78. The summed E-state index contributed by atoms with van der Waals surface area (Å²) in [6, 6.07) is 10.5. The maximum Gasteiger partial charge on any atom is 0.0585 e. The fourth-order valence-electron chi connectivity index (χ4n) is 3.31. The van der Waals surface area contributed by atoms with Crippen LogP contribution >= 0.6 is 11.6 Å². The molecule has 0 saturated carbocycles. The van der Waals surface area contributed by atoms with Crippen molar-refractivity contribution in [2.24, 2.45) is 0 Å². The van der Waals surface area contributed by atoms with Crippen molar-refractivity contribution in [1.82, 2.24) is 4.90 Å². The third kappa shape index (κ3) is 16.2. The van der Waals surface area contributed by atoms with Crippen LogP contribution in [-0.4, -0.2) is 24.5 Å². The van der Waals surface area contributed by atoms with E-state index in [0.29, 0.717) is 0 Å². The first-order valence-corrected chi connectivity index (χ1v) is 12.0. The van der Waals surface area contributed by atoms with Gasteiger partial charge in [0.1, 0.15) is 0 Å². The molecule has 0 radical (unpaired) electrons. The van der Waals surface area contributed by atoms with Crippen LogP contribution < -0.4 is 0 Å². The number of unbranched alkanes of at least 4 members (excludes halogenated alkanes) is 9. The topological polar surface area (TPSA) is 3.24 Å². The van der Waals surface area contributed by atoms with Crippen LogP contribution in [-0.2, 0) is 0 Å². The summed E-state index contributed by atoms with van der Waals surface area (Å²) in [4.78, 5) is 2.38. The summed E-state index contributed by atoms with van der Waals surface area (Å²) in [5.74, 6) is 0. The number of nitrogens with zero attached hydrogens (tertiary/aromatic N) is 1. The van der Waals surface area contributed by atoms with Crippen molar-refractivity contribution in [2.45, 2.75) is 104 Å². The van der Waals surface area contributed by atoms with Gasteiger partial charge in [0.2, 0.25) is 0 Å². The standard InChI is InChI=1S/C19H31Cl.C6H15N/c1-2-3-4-5-6-7-8-9-10-14-17-19(20)18-15-12-11-13-16-18;1-4-7(5-2)6-3/h11-13,15-16,19H,2-10,14,17H2,1H3;4-6H2,1-3H3. The van der Waals surface area contributed by atoms with E-state index in [4.69, 9.17) is 11.6 Å². The lowest BCUT2D eigenvalue weighted by atomic mass is 10.0. The monoisotopic (exact) mass is 395 g/mol. The van der Waals surface area contributed by atoms with E-state index in [9.17, 15) is 0 Å². The van der Waals surface area contributed by atoms with Crippen LogP contribution in [0.1, 0.15) is 109 Å². The highest BCUT2D eigenvalue weighted by Gasteiger charge is 2.06. The Morgan fingerprint density at radius 1 is 0.667 bits per heavy atom. The second kappa shape index (κ2) is 20.2. The highest BCUT2D eigenvalue weighted by Crippen LogP contribution is 2.26. The Balaban J connectivity index is 0.000000821. The molecule has 0 spiro atoms. The van der Waals surface area contributed by atoms with Crippen molar-refractivity contribution in [2.75, 3.05) is 19.6 Å². The summed E-state index contributed by atoms with van der Waals surface area (Å²) in [6.45, 7) is 12.4. The molecule has 0 fully saturated rings. The van der Waals surface area contributed by atoms with Crippen LogP contribution in [0.5, 0.6) is 0 Å². The van der Waals surface area contributed by atoms with Crippen LogP contribution in [0.2, 0.25) is 0 Å². The molecule has 0 saturated heterocycles. The van der Waals surface area contributed by atoms with Crippen LogP contribution in [0.15, 0.2) is 30.3 Å². The van der Waals surface area contributed by atoms with Crippen LogP contribution in [0.25, 0.3) is 0 Å². The fourth-order valence-corrected chi connectivity index (χ4v) is 3.61. The number of benzene rings is 1. The Bertz CT molecular complexity index is 383. The molecule has 1 rings (SSSR count). The van der Waals surface area contributed by atoms with Gasteiger partial charge in [-0.1, -0.05) is 122 Å². The number of rotatable bonds is 15. The van der Waals surface area contributed by atoms with Crippen LogP contribution in [0, 0.1) is 0 Å². The zero-order chi connectivity index (χ0) is 20.2. The second-order valence-electron chi connectivity index (χ2n) is 7.47. The lowest BCUT2D eigenvalue weighted by molar-refractivity contribution is 0.321. The van der Waals surface area contributed by atoms with Gasteiger partial charge < -0.3 is 4.90 Å². The van der Waals surface area contributed by atoms with Crippen molar-refractivity contribution in [3.05, 3.63) is 35.9 Å². The number of hydrogen-bond acceptors (Lipinski definition) is 1. The van der Waals surface area contributed by atoms with E-state index in [1.807, 2.05) is 6.07 Å². The normalized spacial score (nSPS) is 11.9. The molecule has 0 aromatic heterocycles. The summed E-state index contributed by atoms with van der Waals surface area (Å²) in [6.07, 6.45) is 15.0. The van der Waals surface area contributed by atoms with E-state index in [1.165, 1.54) is 89.4 Å². The van der Waals surface area contributed by atoms with Gasteiger partial charge in [0.15, 0.2) is 0 Å². The largest absolute Gasteiger partial charge is 0.304 e. The zero-order valence-electron chi connectivity index (χ0n) is 18.7. The third-order valence-electron chi connectivity index (χ3n) is 5.31. The Kier molecular flexibility index (Phi) is 19.8. The van der Waals surface area contributed by atoms with E-state index < -0.39 is 0 Å². The summed E-state index contributed by atoms with van der Waals surface area (Å²) in [5.41, 5.74) is 1.27. The molecule has 0 heterocycles. The molecule has 2 heteroatoms. The molecule has 0 aliphatic rings. The lowest BCUT2D eigenvalue weighted by Gasteiger charge is -2.13. The second-order valence-corrected chi connectivity index (χ2v) is 8.00. The first kappa shape index (κ1) is 26.5. The van der Waals surface area contributed by atoms with Crippen LogP contribution in [0.3, 0.4) is 0 Å². The summed E-state index contributed by atoms with van der Waals surface area (Å²) < 4.78 is 0. The quantitative estimate of drug-likeness (QED) is 0.212. The number of halogens is 1. The van der Waals surface area contributed by atoms with Gasteiger partial charge in [-0.15, -0.1) is 11.6 Å². The van der Waals surface area contributed by atoms with Crippen molar-refractivity contribution < 1.29 is 0 Å². The summed E-state index contributed by atoms with van der Waals surface area (Å²) in [5, 5.41) is 0.199. The van der Waals surface area contributed by atoms with Gasteiger partial charge in [0.25, 0.3) is 0 Å². The number of hydrogen-bond donors (Lipinski definition) is 0. The molecular formula is C25H46ClN. The van der Waals surface area contributed by atoms with Crippen molar-refractivity contribution in [1.29, 1.82) is 0 Å². The van der Waals surface area contributed by atoms with Gasteiger partial charge in [-0.3, -0.25) is 0 Å². The van der Waals surface area contributed by atoms with Gasteiger partial charge in [-0.05, 0) is 31.6 Å². The highest BCUT2D eigenvalue weighted by molar-refractivity contribution is 6.20. The Morgan fingerprint density at radius 3 is 1.52 bits per heavy atom. The molecule has 0 aliphatic heterocycles. The molecule has 1 aromatic carbocycles. The molecule has 1 nitrogen and oxygen atoms in total. The van der Waals surface area contributed by atoms with Crippen molar-refractivity contribution >= 4 is 11.6 Å².